The van der Waals surface area contributed by atoms with Crippen molar-refractivity contribution in [3.63, 3.8) is 0 Å². The van der Waals surface area contributed by atoms with E-state index < -0.39 is 11.3 Å². The number of aromatic hydroxyl groups is 3. The zero-order chi connectivity index (χ0) is 21.1. The quantitative estimate of drug-likeness (QED) is 0.558. The molecule has 3 aromatic carbocycles. The first kappa shape index (κ1) is 20.3. The van der Waals surface area contributed by atoms with Crippen molar-refractivity contribution in [2.24, 2.45) is 0 Å². The number of methoxy groups -OCH3 is 1. The lowest BCUT2D eigenvalue weighted by atomic mass is 9.84. The predicted molar refractivity (Wildman–Crippen MR) is 112 cm³/mol. The second-order valence-corrected chi connectivity index (χ2v) is 7.25. The number of phenols is 2. The molecule has 0 aliphatic heterocycles. The zero-order valence-corrected chi connectivity index (χ0v) is 16.6. The minimum atomic E-state index is -0.673. The third-order valence-corrected chi connectivity index (χ3v) is 5.01. The highest BCUT2D eigenvalue weighted by Gasteiger charge is 2.24. The van der Waals surface area contributed by atoms with Crippen LogP contribution in [-0.4, -0.2) is 22.4 Å². The van der Waals surface area contributed by atoms with E-state index in [-0.39, 0.29) is 23.2 Å². The molecule has 3 aromatic rings. The minimum absolute atomic E-state index is 0.0266. The molecule has 5 nitrogen and oxygen atoms in total. The molecule has 5 heteroatoms. The van der Waals surface area contributed by atoms with Crippen molar-refractivity contribution in [3.05, 3.63) is 93.1 Å². The summed E-state index contributed by atoms with van der Waals surface area (Å²) in [4.78, 5) is 12.6. The number of benzene rings is 2. The van der Waals surface area contributed by atoms with Crippen LogP contribution in [0.4, 0.5) is 0 Å². The lowest BCUT2D eigenvalue weighted by Gasteiger charge is -2.20. The number of ether oxygens (including phenoxy) is 1. The van der Waals surface area contributed by atoms with Crippen LogP contribution in [0.15, 0.2) is 65.5 Å². The van der Waals surface area contributed by atoms with E-state index >= 15 is 0 Å². The van der Waals surface area contributed by atoms with Gasteiger partial charge in [-0.2, -0.15) is 0 Å². The normalized spacial score (nSPS) is 12.0. The molecule has 1 unspecified atom stereocenters. The molecule has 3 N–H and O–H groups in total. The SMILES string of the molecule is COc1ccc(C(c2cc(O)ccc2O)c2ccc(C(C)C)cc(=O)c2O)cc1. The highest BCUT2D eigenvalue weighted by atomic mass is 16.5. The molecule has 0 fully saturated rings. The Morgan fingerprint density at radius 1 is 0.793 bits per heavy atom. The Balaban J connectivity index is 2.31. The maximum atomic E-state index is 12.6. The molecule has 0 spiro atoms. The van der Waals surface area contributed by atoms with Gasteiger partial charge in [-0.15, -0.1) is 0 Å². The fourth-order valence-electron chi connectivity index (χ4n) is 3.36. The first-order valence-electron chi connectivity index (χ1n) is 9.34. The fourth-order valence-corrected chi connectivity index (χ4v) is 3.36. The average Bonchev–Trinajstić information content (AvgIpc) is 2.85. The summed E-state index contributed by atoms with van der Waals surface area (Å²) in [6, 6.07) is 16.3. The van der Waals surface area contributed by atoms with Crippen molar-refractivity contribution in [1.29, 1.82) is 0 Å². The molecule has 29 heavy (non-hydrogen) atoms. The Labute approximate surface area is 169 Å². The fraction of sp³-hybridized carbons (Fsp3) is 0.208. The van der Waals surface area contributed by atoms with Crippen LogP contribution in [0.2, 0.25) is 0 Å². The van der Waals surface area contributed by atoms with Crippen molar-refractivity contribution in [3.8, 4) is 23.0 Å². The maximum Gasteiger partial charge on any atom is 0.220 e. The summed E-state index contributed by atoms with van der Waals surface area (Å²) in [6.07, 6.45) is 0. The lowest BCUT2D eigenvalue weighted by molar-refractivity contribution is 0.414. The Hall–Kier alpha value is -3.47. The van der Waals surface area contributed by atoms with Gasteiger partial charge >= 0.3 is 0 Å². The smallest absolute Gasteiger partial charge is 0.220 e. The number of hydrogen-bond acceptors (Lipinski definition) is 5. The molecule has 150 valence electrons. The average molecular weight is 392 g/mol. The molecule has 0 radical (unpaired) electrons. The van der Waals surface area contributed by atoms with Crippen molar-refractivity contribution >= 4 is 0 Å². The van der Waals surface area contributed by atoms with E-state index in [4.69, 9.17) is 4.74 Å². The van der Waals surface area contributed by atoms with Crippen molar-refractivity contribution < 1.29 is 20.1 Å². The van der Waals surface area contributed by atoms with Gasteiger partial charge in [-0.3, -0.25) is 4.79 Å². The van der Waals surface area contributed by atoms with Gasteiger partial charge in [-0.25, -0.2) is 0 Å². The molecule has 0 amide bonds. The van der Waals surface area contributed by atoms with Gasteiger partial charge in [0.15, 0.2) is 5.75 Å². The van der Waals surface area contributed by atoms with Gasteiger partial charge in [0.1, 0.15) is 17.2 Å². The van der Waals surface area contributed by atoms with Gasteiger partial charge in [0.25, 0.3) is 0 Å². The first-order valence-corrected chi connectivity index (χ1v) is 9.34. The van der Waals surface area contributed by atoms with Gasteiger partial charge < -0.3 is 20.1 Å². The molecule has 0 aliphatic rings. The molecular formula is C24H24O5. The third kappa shape index (κ3) is 4.19. The lowest BCUT2D eigenvalue weighted by Crippen LogP contribution is -2.07. The van der Waals surface area contributed by atoms with Gasteiger partial charge in [0.05, 0.1) is 7.11 Å². The van der Waals surface area contributed by atoms with E-state index in [0.717, 1.165) is 11.1 Å². The maximum absolute atomic E-state index is 12.6. The summed E-state index contributed by atoms with van der Waals surface area (Å²) < 4.78 is 5.21. The molecule has 0 bridgehead atoms. The second kappa shape index (κ2) is 8.27. The summed E-state index contributed by atoms with van der Waals surface area (Å²) in [6.45, 7) is 3.93. The van der Waals surface area contributed by atoms with Crippen LogP contribution >= 0.6 is 0 Å². The van der Waals surface area contributed by atoms with Crippen LogP contribution < -0.4 is 10.2 Å². The Bertz CT molecular complexity index is 1070. The molecule has 0 heterocycles. The highest BCUT2D eigenvalue weighted by molar-refractivity contribution is 5.54. The molecule has 0 aromatic heterocycles. The molecule has 0 saturated heterocycles. The molecule has 0 saturated carbocycles. The topological polar surface area (TPSA) is 87.0 Å². The monoisotopic (exact) mass is 392 g/mol. The second-order valence-electron chi connectivity index (χ2n) is 7.25. The van der Waals surface area contributed by atoms with E-state index in [1.165, 1.54) is 24.3 Å². The van der Waals surface area contributed by atoms with Crippen LogP contribution in [0, 0.1) is 0 Å². The van der Waals surface area contributed by atoms with Crippen LogP contribution in [0.5, 0.6) is 23.0 Å². The Morgan fingerprint density at radius 2 is 1.45 bits per heavy atom. The van der Waals surface area contributed by atoms with E-state index in [1.807, 2.05) is 13.8 Å². The van der Waals surface area contributed by atoms with Gasteiger partial charge in [-0.1, -0.05) is 38.1 Å². The largest absolute Gasteiger partial charge is 0.508 e. The Morgan fingerprint density at radius 3 is 2.07 bits per heavy atom. The van der Waals surface area contributed by atoms with Gasteiger partial charge in [0, 0.05) is 17.0 Å². The van der Waals surface area contributed by atoms with Crippen LogP contribution in [0.1, 0.15) is 47.9 Å². The Kier molecular flexibility index (Phi) is 5.78. The number of rotatable bonds is 5. The van der Waals surface area contributed by atoms with Crippen molar-refractivity contribution in [2.75, 3.05) is 7.11 Å². The summed E-state index contributed by atoms with van der Waals surface area (Å²) in [5.41, 5.74) is 1.74. The predicted octanol–water partition coefficient (Wildman–Crippen LogP) is 4.48. The zero-order valence-electron chi connectivity index (χ0n) is 16.6. The first-order chi connectivity index (χ1) is 13.8. The molecule has 3 rings (SSSR count). The number of hydrogen-bond donors (Lipinski definition) is 3. The highest BCUT2D eigenvalue weighted by Crippen LogP contribution is 2.41. The van der Waals surface area contributed by atoms with Gasteiger partial charge in [0.2, 0.25) is 5.43 Å². The molecular weight excluding hydrogens is 368 g/mol. The summed E-state index contributed by atoms with van der Waals surface area (Å²) >= 11 is 0. The third-order valence-electron chi connectivity index (χ3n) is 5.01. The van der Waals surface area contributed by atoms with E-state index in [9.17, 15) is 20.1 Å². The molecule has 1 atom stereocenters. The van der Waals surface area contributed by atoms with Crippen LogP contribution in [0.3, 0.4) is 0 Å². The van der Waals surface area contributed by atoms with E-state index in [1.54, 1.807) is 43.5 Å². The van der Waals surface area contributed by atoms with Crippen LogP contribution in [-0.2, 0) is 0 Å². The summed E-state index contributed by atoms with van der Waals surface area (Å²) in [5, 5.41) is 31.2. The van der Waals surface area contributed by atoms with Crippen molar-refractivity contribution in [2.45, 2.75) is 25.7 Å². The van der Waals surface area contributed by atoms with Gasteiger partial charge in [-0.05, 0) is 53.4 Å². The molecule has 0 aliphatic carbocycles. The van der Waals surface area contributed by atoms with E-state index in [2.05, 4.69) is 0 Å². The standard InChI is InChI=1S/C24H24O5/c1-14(2)16-6-10-19(24(28)22(27)12-16)23(15-4-8-18(29-3)9-5-15)20-13-17(25)7-11-21(20)26/h4-14,23,25-26H,1-3H3,(H,27,28). The number of phenolic OH excluding ortho intramolecular Hbond substituents is 2. The van der Waals surface area contributed by atoms with Crippen molar-refractivity contribution in [1.82, 2.24) is 0 Å². The summed E-state index contributed by atoms with van der Waals surface area (Å²) in [5.74, 6) is -0.376. The summed E-state index contributed by atoms with van der Waals surface area (Å²) in [7, 11) is 1.56. The van der Waals surface area contributed by atoms with E-state index in [0.29, 0.717) is 16.9 Å². The minimum Gasteiger partial charge on any atom is -0.508 e. The van der Waals surface area contributed by atoms with Crippen LogP contribution in [0.25, 0.3) is 0 Å².